The van der Waals surface area contributed by atoms with Gasteiger partial charge in [-0.1, -0.05) is 19.1 Å². The van der Waals surface area contributed by atoms with Crippen molar-refractivity contribution >= 4 is 16.0 Å². The Bertz CT molecular complexity index is 732. The monoisotopic (exact) mass is 384 g/mol. The summed E-state index contributed by atoms with van der Waals surface area (Å²) in [6, 6.07) is 6.79. The molecule has 26 heavy (non-hydrogen) atoms. The molecule has 1 saturated carbocycles. The first-order valence-corrected chi connectivity index (χ1v) is 10.8. The third-order valence-corrected chi connectivity index (χ3v) is 6.19. The second kappa shape index (κ2) is 8.81. The van der Waals surface area contributed by atoms with E-state index >= 15 is 0 Å². The van der Waals surface area contributed by atoms with Gasteiger partial charge < -0.3 is 10.6 Å². The fourth-order valence-corrected chi connectivity index (χ4v) is 3.96. The van der Waals surface area contributed by atoms with Crippen molar-refractivity contribution in [3.05, 3.63) is 35.6 Å². The molecule has 2 N–H and O–H groups in total. The van der Waals surface area contributed by atoms with E-state index in [0.29, 0.717) is 38.6 Å². The van der Waals surface area contributed by atoms with E-state index in [4.69, 9.17) is 0 Å². The number of hydrogen-bond acceptors (Lipinski definition) is 3. The molecule has 1 aromatic rings. The van der Waals surface area contributed by atoms with Crippen LogP contribution in [0.4, 0.5) is 4.39 Å². The molecule has 8 heteroatoms. The highest BCUT2D eigenvalue weighted by atomic mass is 32.2. The predicted molar refractivity (Wildman–Crippen MR) is 103 cm³/mol. The SMILES string of the molecule is CCN(CCCNC(=NC)NCC1(c2cccc(F)c2)CC1)S(C)(=O)=O. The zero-order chi connectivity index (χ0) is 19.2. The average Bonchev–Trinajstić information content (AvgIpc) is 3.37. The summed E-state index contributed by atoms with van der Waals surface area (Å²) in [6.45, 7) is 4.10. The quantitative estimate of drug-likeness (QED) is 0.386. The Morgan fingerprint density at radius 3 is 2.62 bits per heavy atom. The van der Waals surface area contributed by atoms with Gasteiger partial charge in [0.2, 0.25) is 10.0 Å². The Labute approximate surface area is 155 Å². The van der Waals surface area contributed by atoms with Crippen LogP contribution < -0.4 is 10.6 Å². The molecular formula is C18H29FN4O2S. The van der Waals surface area contributed by atoms with E-state index in [1.54, 1.807) is 19.2 Å². The summed E-state index contributed by atoms with van der Waals surface area (Å²) in [7, 11) is -1.45. The lowest BCUT2D eigenvalue weighted by Crippen LogP contribution is -2.42. The smallest absolute Gasteiger partial charge is 0.211 e. The van der Waals surface area contributed by atoms with Crippen LogP contribution in [0.15, 0.2) is 29.3 Å². The molecule has 0 bridgehead atoms. The highest BCUT2D eigenvalue weighted by Gasteiger charge is 2.44. The Balaban J connectivity index is 1.78. The predicted octanol–water partition coefficient (Wildman–Crippen LogP) is 1.69. The van der Waals surface area contributed by atoms with Gasteiger partial charge in [-0.25, -0.2) is 17.1 Å². The van der Waals surface area contributed by atoms with Gasteiger partial charge in [-0.15, -0.1) is 0 Å². The second-order valence-corrected chi connectivity index (χ2v) is 8.73. The Morgan fingerprint density at radius 1 is 1.35 bits per heavy atom. The van der Waals surface area contributed by atoms with Gasteiger partial charge in [0.05, 0.1) is 6.26 Å². The van der Waals surface area contributed by atoms with Gasteiger partial charge in [0.15, 0.2) is 5.96 Å². The number of halogens is 1. The standard InChI is InChI=1S/C18H29FN4O2S/c1-4-23(26(3,24)25)12-6-11-21-17(20-2)22-14-18(9-10-18)15-7-5-8-16(19)13-15/h5,7-8,13H,4,6,9-12,14H2,1-3H3,(H2,20,21,22). The first kappa shape index (κ1) is 20.6. The van der Waals surface area contributed by atoms with Crippen molar-refractivity contribution in [1.29, 1.82) is 0 Å². The summed E-state index contributed by atoms with van der Waals surface area (Å²) < 4.78 is 38.1. The molecule has 1 aliphatic rings. The van der Waals surface area contributed by atoms with E-state index in [0.717, 1.165) is 18.4 Å². The minimum Gasteiger partial charge on any atom is -0.356 e. The topological polar surface area (TPSA) is 73.8 Å². The zero-order valence-corrected chi connectivity index (χ0v) is 16.6. The van der Waals surface area contributed by atoms with Gasteiger partial charge in [0.25, 0.3) is 0 Å². The van der Waals surface area contributed by atoms with Gasteiger partial charge in [0, 0.05) is 38.6 Å². The van der Waals surface area contributed by atoms with E-state index in [-0.39, 0.29) is 11.2 Å². The van der Waals surface area contributed by atoms with Crippen LogP contribution in [0.3, 0.4) is 0 Å². The van der Waals surface area contributed by atoms with Crippen LogP contribution in [-0.4, -0.2) is 58.2 Å². The van der Waals surface area contributed by atoms with Gasteiger partial charge in [-0.2, -0.15) is 0 Å². The van der Waals surface area contributed by atoms with Crippen molar-refractivity contribution in [3.63, 3.8) is 0 Å². The van der Waals surface area contributed by atoms with Crippen molar-refractivity contribution in [2.75, 3.05) is 39.5 Å². The normalized spacial score (nSPS) is 16.6. The van der Waals surface area contributed by atoms with E-state index in [1.807, 2.05) is 13.0 Å². The first-order chi connectivity index (χ1) is 12.3. The Hall–Kier alpha value is -1.67. The molecular weight excluding hydrogens is 355 g/mol. The van der Waals surface area contributed by atoms with Crippen molar-refractivity contribution < 1.29 is 12.8 Å². The van der Waals surface area contributed by atoms with Gasteiger partial charge in [-0.3, -0.25) is 4.99 Å². The Kier molecular flexibility index (Phi) is 7.00. The minimum absolute atomic E-state index is 0.0188. The summed E-state index contributed by atoms with van der Waals surface area (Å²) in [4.78, 5) is 4.20. The molecule has 0 saturated heterocycles. The highest BCUT2D eigenvalue weighted by molar-refractivity contribution is 7.88. The molecule has 1 fully saturated rings. The zero-order valence-electron chi connectivity index (χ0n) is 15.8. The van der Waals surface area contributed by atoms with E-state index in [9.17, 15) is 12.8 Å². The summed E-state index contributed by atoms with van der Waals surface area (Å²) in [5, 5.41) is 6.51. The molecule has 0 radical (unpaired) electrons. The molecule has 1 aliphatic carbocycles. The number of hydrogen-bond donors (Lipinski definition) is 2. The summed E-state index contributed by atoms with van der Waals surface area (Å²) in [5.74, 6) is 0.470. The van der Waals surface area contributed by atoms with Crippen LogP contribution in [0, 0.1) is 5.82 Å². The van der Waals surface area contributed by atoms with E-state index in [2.05, 4.69) is 15.6 Å². The Morgan fingerprint density at radius 2 is 2.08 bits per heavy atom. The molecule has 0 aliphatic heterocycles. The summed E-state index contributed by atoms with van der Waals surface area (Å²) in [6.07, 6.45) is 3.98. The lowest BCUT2D eigenvalue weighted by atomic mass is 9.96. The van der Waals surface area contributed by atoms with Crippen molar-refractivity contribution in [1.82, 2.24) is 14.9 Å². The van der Waals surface area contributed by atoms with Crippen LogP contribution in [0.5, 0.6) is 0 Å². The van der Waals surface area contributed by atoms with Crippen LogP contribution in [0.2, 0.25) is 0 Å². The minimum atomic E-state index is -3.15. The molecule has 146 valence electrons. The third kappa shape index (κ3) is 5.67. The summed E-state index contributed by atoms with van der Waals surface area (Å²) in [5.41, 5.74) is 1.00. The molecule has 6 nitrogen and oxygen atoms in total. The molecule has 1 aromatic carbocycles. The maximum atomic E-state index is 13.5. The van der Waals surface area contributed by atoms with Crippen LogP contribution in [0.1, 0.15) is 31.7 Å². The lowest BCUT2D eigenvalue weighted by Gasteiger charge is -2.20. The summed E-state index contributed by atoms with van der Waals surface area (Å²) >= 11 is 0. The number of rotatable bonds is 9. The van der Waals surface area contributed by atoms with Crippen molar-refractivity contribution in [2.24, 2.45) is 4.99 Å². The van der Waals surface area contributed by atoms with E-state index in [1.165, 1.54) is 16.6 Å². The van der Waals surface area contributed by atoms with Crippen LogP contribution in [-0.2, 0) is 15.4 Å². The van der Waals surface area contributed by atoms with Crippen molar-refractivity contribution in [3.8, 4) is 0 Å². The maximum absolute atomic E-state index is 13.5. The molecule has 0 atom stereocenters. The third-order valence-electron chi connectivity index (χ3n) is 4.81. The van der Waals surface area contributed by atoms with Crippen molar-refractivity contribution in [2.45, 2.75) is 31.6 Å². The first-order valence-electron chi connectivity index (χ1n) is 8.96. The highest BCUT2D eigenvalue weighted by Crippen LogP contribution is 2.47. The molecule has 0 heterocycles. The van der Waals surface area contributed by atoms with E-state index < -0.39 is 10.0 Å². The number of nitrogens with one attached hydrogen (secondary N) is 2. The maximum Gasteiger partial charge on any atom is 0.211 e. The molecule has 0 amide bonds. The van der Waals surface area contributed by atoms with Gasteiger partial charge in [-0.05, 0) is 37.0 Å². The largest absolute Gasteiger partial charge is 0.356 e. The number of nitrogens with zero attached hydrogens (tertiary/aromatic N) is 2. The van der Waals surface area contributed by atoms with Crippen LogP contribution in [0.25, 0.3) is 0 Å². The molecule has 0 spiro atoms. The average molecular weight is 385 g/mol. The number of aliphatic imine (C=N–C) groups is 1. The fourth-order valence-electron chi connectivity index (χ4n) is 3.03. The number of sulfonamides is 1. The lowest BCUT2D eigenvalue weighted by molar-refractivity contribution is 0.424. The number of benzene rings is 1. The second-order valence-electron chi connectivity index (χ2n) is 6.75. The van der Waals surface area contributed by atoms with Gasteiger partial charge >= 0.3 is 0 Å². The van der Waals surface area contributed by atoms with Crippen LogP contribution >= 0.6 is 0 Å². The molecule has 2 rings (SSSR count). The number of guanidine groups is 1. The van der Waals surface area contributed by atoms with Gasteiger partial charge in [0.1, 0.15) is 5.82 Å². The fraction of sp³-hybridized carbons (Fsp3) is 0.611. The molecule has 0 aromatic heterocycles. The molecule has 0 unspecified atom stereocenters.